The predicted octanol–water partition coefficient (Wildman–Crippen LogP) is -5.88. The molecule has 2 fully saturated rings. The Labute approximate surface area is 393 Å². The number of aromatic amines is 2. The number of aromatic nitrogens is 12. The van der Waals surface area contributed by atoms with E-state index >= 15 is 0 Å². The normalized spacial score (nSPS) is 26.2. The van der Waals surface area contributed by atoms with Gasteiger partial charge in [0.1, 0.15) is 48.5 Å². The number of hydrogen-bond donors (Lipinski definition) is 7. The van der Waals surface area contributed by atoms with Gasteiger partial charge in [-0.3, -0.25) is 51.5 Å². The van der Waals surface area contributed by atoms with Gasteiger partial charge in [-0.2, -0.15) is 4.98 Å². The van der Waals surface area contributed by atoms with Gasteiger partial charge in [0, 0.05) is 7.11 Å². The molecule has 12 atom stereocenters. The quantitative estimate of drug-likeness (QED) is 0.0200. The average Bonchev–Trinajstić information content (AvgIpc) is 4.09. The maximum Gasteiger partial charge on any atom is 0.313 e. The van der Waals surface area contributed by atoms with Crippen molar-refractivity contribution < 1.29 is 98.3 Å². The Bertz CT molecular complexity index is 3280. The Morgan fingerprint density at radius 3 is 2.08 bits per heavy atom. The number of aliphatic hydroxyl groups is 2. The number of phosphoric ester groups is 3. The van der Waals surface area contributed by atoms with Crippen LogP contribution in [-0.2, 0) is 77.7 Å². The number of rotatable bonds is 21. The van der Waals surface area contributed by atoms with Crippen molar-refractivity contribution in [3.8, 4) is 0 Å². The number of imidazole rings is 3. The van der Waals surface area contributed by atoms with Crippen LogP contribution in [0.1, 0.15) is 12.5 Å². The van der Waals surface area contributed by atoms with Gasteiger partial charge in [-0.15, -0.1) is 0 Å². The van der Waals surface area contributed by atoms with Gasteiger partial charge in [-0.1, -0.05) is 4.98 Å². The first-order valence-corrected chi connectivity index (χ1v) is 25.7. The first-order chi connectivity index (χ1) is 33.4. The summed E-state index contributed by atoms with van der Waals surface area (Å²) in [6.45, 7) is -4.15. The number of fused-ring (bicyclic) bond motifs is 3. The van der Waals surface area contributed by atoms with E-state index in [1.165, 1.54) is 22.5 Å². The molecule has 71 heavy (non-hydrogen) atoms. The van der Waals surface area contributed by atoms with Crippen molar-refractivity contribution >= 4 is 82.5 Å². The third-order valence-electron chi connectivity index (χ3n) is 10.3. The van der Waals surface area contributed by atoms with Crippen LogP contribution in [-0.4, -0.2) is 134 Å². The fourth-order valence-electron chi connectivity index (χ4n) is 7.32. The number of nitrogens with two attached hydrogens (primary N) is 3. The zero-order chi connectivity index (χ0) is 51.4. The number of nitrogens with one attached hydrogen (secondary N) is 2. The van der Waals surface area contributed by atoms with Crippen molar-refractivity contribution in [3.63, 3.8) is 0 Å². The summed E-state index contributed by atoms with van der Waals surface area (Å²) in [7, 11) is -21.7. The van der Waals surface area contributed by atoms with E-state index in [0.29, 0.717) is 0 Å². The Balaban J connectivity index is 0.912. The number of anilines is 3. The second-order valence-electron chi connectivity index (χ2n) is 15.0. The molecule has 8 rings (SSSR count). The van der Waals surface area contributed by atoms with Crippen LogP contribution in [0.5, 0.6) is 0 Å². The summed E-state index contributed by atoms with van der Waals surface area (Å²) in [4.78, 5) is 104. The maximum absolute atomic E-state index is 13.5. The molecule has 8 heterocycles. The van der Waals surface area contributed by atoms with Gasteiger partial charge in [-0.05, 0) is 0 Å². The van der Waals surface area contributed by atoms with Gasteiger partial charge in [-0.25, -0.2) is 33.1 Å². The minimum Gasteiger partial charge on any atom is -0.756 e. The number of nitrogen functional groups attached to an aromatic ring is 3. The molecular formula is C30H38N15O22P4-3. The van der Waals surface area contributed by atoms with Crippen LogP contribution in [0.15, 0.2) is 34.9 Å². The minimum atomic E-state index is -6.43. The molecule has 2 aliphatic rings. The predicted molar refractivity (Wildman–Crippen MR) is 220 cm³/mol. The molecule has 0 bridgehead atoms. The van der Waals surface area contributed by atoms with Gasteiger partial charge in [0.05, 0.1) is 46.1 Å². The Morgan fingerprint density at radius 2 is 1.37 bits per heavy atom. The highest BCUT2D eigenvalue weighted by atomic mass is 31.3. The molecule has 6 aromatic rings. The molecule has 10 N–H and O–H groups in total. The molecule has 0 radical (unpaired) electrons. The summed E-state index contributed by atoms with van der Waals surface area (Å²) < 4.78 is 106. The average molecular weight is 1080 g/mol. The van der Waals surface area contributed by atoms with Gasteiger partial charge in [0.2, 0.25) is 11.5 Å². The zero-order valence-electron chi connectivity index (χ0n) is 36.0. The number of methoxy groups -OCH3 is 1. The molecule has 2 saturated heterocycles. The van der Waals surface area contributed by atoms with Crippen LogP contribution in [0.3, 0.4) is 0 Å². The first kappa shape index (κ1) is 52.3. The SMILES string of the molecule is COC1[C@@H](OP(=O)([O-])OC[C@H]2O[C@@H](n3cnc4c(=O)[nH]c(N)nc43)C(O)[C@H]2O)[C@@H](COP(=O)([O-])OP(=O)([O-])OP(=O)([O-])OCCOC[n+]2cn(C)c3c(=O)[nH]c(N)nc32)O[C@H]1n1cnc2c(N)ncnc21. The first-order valence-electron chi connectivity index (χ1n) is 19.8. The van der Waals surface area contributed by atoms with Crippen LogP contribution in [0.2, 0.25) is 0 Å². The monoisotopic (exact) mass is 1080 g/mol. The molecule has 41 heteroatoms. The van der Waals surface area contributed by atoms with Crippen molar-refractivity contribution in [3.05, 3.63) is 46.0 Å². The lowest BCUT2D eigenvalue weighted by atomic mass is 10.1. The smallest absolute Gasteiger partial charge is 0.313 e. The highest BCUT2D eigenvalue weighted by Gasteiger charge is 2.50. The van der Waals surface area contributed by atoms with Crippen LogP contribution in [0.4, 0.5) is 17.7 Å². The number of H-pyrrole nitrogens is 2. The third kappa shape index (κ3) is 11.3. The number of phosphoric acid groups is 4. The molecule has 2 aliphatic heterocycles. The molecule has 0 amide bonds. The van der Waals surface area contributed by atoms with E-state index in [4.69, 9.17) is 45.2 Å². The van der Waals surface area contributed by atoms with E-state index in [1.54, 1.807) is 0 Å². The lowest BCUT2D eigenvalue weighted by Gasteiger charge is -2.35. The number of ether oxygens (including phenoxy) is 4. The summed E-state index contributed by atoms with van der Waals surface area (Å²) in [5, 5.41) is 21.6. The number of aryl methyl sites for hydroxylation is 1. The van der Waals surface area contributed by atoms with E-state index in [2.05, 4.69) is 57.5 Å². The van der Waals surface area contributed by atoms with E-state index in [9.17, 15) is 57.6 Å². The highest BCUT2D eigenvalue weighted by Crippen LogP contribution is 2.63. The van der Waals surface area contributed by atoms with Crippen molar-refractivity contribution in [2.45, 2.75) is 55.8 Å². The summed E-state index contributed by atoms with van der Waals surface area (Å²) in [6.07, 6.45) is -9.11. The van der Waals surface area contributed by atoms with Gasteiger partial charge >= 0.3 is 5.65 Å². The molecule has 0 spiro atoms. The second-order valence-corrected chi connectivity index (χ2v) is 20.8. The maximum atomic E-state index is 13.5. The molecule has 0 aliphatic carbocycles. The van der Waals surface area contributed by atoms with Crippen molar-refractivity contribution in [1.82, 2.24) is 53.6 Å². The van der Waals surface area contributed by atoms with E-state index < -0.39 is 118 Å². The van der Waals surface area contributed by atoms with Crippen LogP contribution in [0.25, 0.3) is 33.5 Å². The number of aliphatic hydroxyl groups excluding tert-OH is 2. The second kappa shape index (κ2) is 20.1. The molecular weight excluding hydrogens is 1050 g/mol. The lowest BCUT2D eigenvalue weighted by Crippen LogP contribution is -2.39. The van der Waals surface area contributed by atoms with Gasteiger partial charge in [0.25, 0.3) is 48.4 Å². The van der Waals surface area contributed by atoms with Crippen LogP contribution < -0.4 is 52.5 Å². The fourth-order valence-corrected chi connectivity index (χ4v) is 11.6. The molecule has 6 aromatic heterocycles. The van der Waals surface area contributed by atoms with Gasteiger partial charge in [0.15, 0.2) is 48.1 Å². The largest absolute Gasteiger partial charge is 0.756 e. The van der Waals surface area contributed by atoms with E-state index in [0.717, 1.165) is 35.2 Å². The standard InChI is InChI=1S/C30H41N15O22P4/c1-42-10-43(24-16(42)26(49)41-30(33)39-24)11-59-3-4-60-69(52,53)66-71(56,57)67-70(54,55)62-6-13-19(20(58-2)28(64-13)44-8-36-14-21(31)34-7-35-22(14)44)65-68(50,51)61-5-12-17(46)18(47)27(63-12)45-9-37-15-23(45)38-29(32)40-25(15)48/h7-10,12-13,17-20,27-28,46-47H,3-6,11H2,1-2H3,(H11-,31,32,33,34,35,38,39,40,41,48,49,50,51,52,53,54,55,56,57)/p-3/t12-,13-,17+,18?,19+,20?,27-,28-/m1/s1. The van der Waals surface area contributed by atoms with Gasteiger partial charge < -0.3 is 84.0 Å². The minimum absolute atomic E-state index is 0.0115. The van der Waals surface area contributed by atoms with Crippen LogP contribution >= 0.6 is 31.3 Å². The summed E-state index contributed by atoms with van der Waals surface area (Å²) in [5.41, 5.74) is 15.7. The molecule has 388 valence electrons. The zero-order valence-corrected chi connectivity index (χ0v) is 39.6. The van der Waals surface area contributed by atoms with E-state index in [1.807, 2.05) is 0 Å². The highest BCUT2D eigenvalue weighted by molar-refractivity contribution is 7.65. The third-order valence-corrected chi connectivity index (χ3v) is 15.4. The number of nitrogens with zero attached hydrogens (tertiary/aromatic N) is 10. The summed E-state index contributed by atoms with van der Waals surface area (Å²) >= 11 is 0. The summed E-state index contributed by atoms with van der Waals surface area (Å²) in [6, 6.07) is 0. The molecule has 0 saturated carbocycles. The molecule has 0 aromatic carbocycles. The summed E-state index contributed by atoms with van der Waals surface area (Å²) in [5.74, 6) is -0.621. The van der Waals surface area contributed by atoms with Crippen LogP contribution in [0, 0.1) is 0 Å². The Kier molecular flexibility index (Phi) is 14.8. The Morgan fingerprint density at radius 1 is 0.746 bits per heavy atom. The molecule has 37 nitrogen and oxygen atoms in total. The van der Waals surface area contributed by atoms with Crippen molar-refractivity contribution in [2.24, 2.45) is 7.05 Å². The topological polar surface area (TPSA) is 533 Å². The van der Waals surface area contributed by atoms with E-state index in [-0.39, 0.29) is 57.9 Å². The van der Waals surface area contributed by atoms with Crippen molar-refractivity contribution in [1.29, 1.82) is 0 Å². The Hall–Kier alpha value is -5.07. The molecule has 6 unspecified atom stereocenters. The lowest BCUT2D eigenvalue weighted by molar-refractivity contribution is -0.711. The fraction of sp³-hybridized carbons (Fsp3) is 0.500. The number of hydrogen-bond acceptors (Lipinski definition) is 31. The van der Waals surface area contributed by atoms with Crippen molar-refractivity contribution in [2.75, 3.05) is 50.7 Å².